The second-order valence-corrected chi connectivity index (χ2v) is 10.9. The molecule has 0 atom stereocenters. The van der Waals surface area contributed by atoms with E-state index >= 15 is 0 Å². The molecule has 0 spiro atoms. The predicted octanol–water partition coefficient (Wildman–Crippen LogP) is 5.66. The summed E-state index contributed by atoms with van der Waals surface area (Å²) in [6, 6.07) is 7.10. The topological polar surface area (TPSA) is 49.9 Å². The van der Waals surface area contributed by atoms with Gasteiger partial charge in [0, 0.05) is 41.3 Å². The van der Waals surface area contributed by atoms with Crippen LogP contribution in [0.3, 0.4) is 0 Å². The van der Waals surface area contributed by atoms with Crippen molar-refractivity contribution >= 4 is 16.6 Å². The largest absolute Gasteiger partial charge is 0.493 e. The van der Waals surface area contributed by atoms with Crippen LogP contribution in [0.2, 0.25) is 0 Å². The second kappa shape index (κ2) is 11.8. The van der Waals surface area contributed by atoms with Crippen LogP contribution < -0.4 is 14.8 Å². The van der Waals surface area contributed by atoms with Crippen LogP contribution in [0.15, 0.2) is 18.2 Å². The van der Waals surface area contributed by atoms with Gasteiger partial charge in [-0.05, 0) is 90.3 Å². The van der Waals surface area contributed by atoms with E-state index in [2.05, 4.69) is 40.4 Å². The number of hydrogen-bond acceptors (Lipinski definition) is 6. The fourth-order valence-electron chi connectivity index (χ4n) is 6.10. The minimum absolute atomic E-state index is 0.503. The lowest BCUT2D eigenvalue weighted by Crippen LogP contribution is -2.36. The summed E-state index contributed by atoms with van der Waals surface area (Å²) in [5.41, 5.74) is 3.49. The Bertz CT molecular complexity index is 961. The number of nitrogens with one attached hydrogen (secondary N) is 1. The van der Waals surface area contributed by atoms with E-state index in [0.717, 1.165) is 48.5 Å². The number of nitrogens with zero attached hydrogens (tertiary/aromatic N) is 3. The third kappa shape index (κ3) is 6.21. The van der Waals surface area contributed by atoms with E-state index in [9.17, 15) is 0 Å². The molecule has 6 heteroatoms. The maximum atomic E-state index is 6.27. The first-order chi connectivity index (χ1) is 17.2. The molecule has 1 saturated carbocycles. The number of anilines is 1. The average molecular weight is 481 g/mol. The van der Waals surface area contributed by atoms with Gasteiger partial charge in [0.2, 0.25) is 0 Å². The van der Waals surface area contributed by atoms with E-state index in [1.165, 1.54) is 82.3 Å². The number of piperidine rings is 1. The number of aromatic nitrogens is 1. The smallest absolute Gasteiger partial charge is 0.163 e. The van der Waals surface area contributed by atoms with Crippen molar-refractivity contribution in [3.63, 3.8) is 0 Å². The molecule has 1 aliphatic carbocycles. The number of benzene rings is 1. The SMILES string of the molecule is COc1cc2c(NC3CCN(C)CC3)cc(C3CCCCC3)nc2cc1OCCCN1CCCC1. The van der Waals surface area contributed by atoms with Gasteiger partial charge in [0.05, 0.1) is 19.2 Å². The van der Waals surface area contributed by atoms with Gasteiger partial charge >= 0.3 is 0 Å². The maximum Gasteiger partial charge on any atom is 0.163 e. The molecule has 3 heterocycles. The molecule has 1 N–H and O–H groups in total. The van der Waals surface area contributed by atoms with Crippen molar-refractivity contribution in [2.75, 3.05) is 58.8 Å². The third-order valence-corrected chi connectivity index (χ3v) is 8.29. The van der Waals surface area contributed by atoms with Gasteiger partial charge in [-0.15, -0.1) is 0 Å². The Morgan fingerprint density at radius 2 is 1.69 bits per heavy atom. The van der Waals surface area contributed by atoms with Crippen LogP contribution >= 0.6 is 0 Å². The van der Waals surface area contributed by atoms with E-state index < -0.39 is 0 Å². The van der Waals surface area contributed by atoms with Gasteiger partial charge in [0.1, 0.15) is 0 Å². The molecule has 3 aliphatic rings. The van der Waals surface area contributed by atoms with Gasteiger partial charge < -0.3 is 24.6 Å². The van der Waals surface area contributed by atoms with Crippen LogP contribution in [0.5, 0.6) is 11.5 Å². The summed E-state index contributed by atoms with van der Waals surface area (Å²) < 4.78 is 12.1. The van der Waals surface area contributed by atoms with E-state index in [1.54, 1.807) is 7.11 Å². The Morgan fingerprint density at radius 3 is 2.43 bits per heavy atom. The van der Waals surface area contributed by atoms with Crippen molar-refractivity contribution < 1.29 is 9.47 Å². The molecule has 2 saturated heterocycles. The van der Waals surface area contributed by atoms with Crippen LogP contribution in [0.25, 0.3) is 10.9 Å². The molecule has 0 radical (unpaired) electrons. The Kier molecular flexibility index (Phi) is 8.30. The van der Waals surface area contributed by atoms with Gasteiger partial charge in [0.25, 0.3) is 0 Å². The number of likely N-dealkylation sites (tertiary alicyclic amines) is 2. The summed E-state index contributed by atoms with van der Waals surface area (Å²) in [5.74, 6) is 2.19. The van der Waals surface area contributed by atoms with Crippen molar-refractivity contribution in [2.24, 2.45) is 0 Å². The van der Waals surface area contributed by atoms with E-state index in [1.807, 2.05) is 0 Å². The molecule has 2 aromatic rings. The highest BCUT2D eigenvalue weighted by atomic mass is 16.5. The first-order valence-corrected chi connectivity index (χ1v) is 14.0. The highest BCUT2D eigenvalue weighted by molar-refractivity contribution is 5.94. The highest BCUT2D eigenvalue weighted by Gasteiger charge is 2.22. The minimum Gasteiger partial charge on any atom is -0.493 e. The molecule has 0 unspecified atom stereocenters. The molecule has 35 heavy (non-hydrogen) atoms. The van der Waals surface area contributed by atoms with E-state index in [0.29, 0.717) is 18.6 Å². The van der Waals surface area contributed by atoms with Crippen LogP contribution in [0.4, 0.5) is 5.69 Å². The van der Waals surface area contributed by atoms with Crippen molar-refractivity contribution in [2.45, 2.75) is 76.2 Å². The summed E-state index contributed by atoms with van der Waals surface area (Å²) in [6.45, 7) is 6.59. The molecule has 3 fully saturated rings. The first-order valence-electron chi connectivity index (χ1n) is 14.0. The zero-order valence-corrected chi connectivity index (χ0v) is 21.9. The Balaban J connectivity index is 1.39. The standard InChI is InChI=1S/C29H44N4O2/c1-32-16-11-23(12-17-32)30-26-20-25(22-9-4-3-5-10-22)31-27-21-29(28(34-2)19-24(26)27)35-18-8-15-33-13-6-7-14-33/h19-23H,3-18H2,1-2H3,(H,30,31). The summed E-state index contributed by atoms with van der Waals surface area (Å²) in [5, 5.41) is 5.05. The lowest BCUT2D eigenvalue weighted by Gasteiger charge is -2.31. The molecular formula is C29H44N4O2. The third-order valence-electron chi connectivity index (χ3n) is 8.29. The molecule has 5 rings (SSSR count). The molecule has 192 valence electrons. The second-order valence-electron chi connectivity index (χ2n) is 10.9. The molecule has 1 aromatic heterocycles. The summed E-state index contributed by atoms with van der Waals surface area (Å²) >= 11 is 0. The van der Waals surface area contributed by atoms with E-state index in [-0.39, 0.29) is 0 Å². The summed E-state index contributed by atoms with van der Waals surface area (Å²) in [7, 11) is 3.96. The maximum absolute atomic E-state index is 6.27. The first kappa shape index (κ1) is 24.6. The van der Waals surface area contributed by atoms with Gasteiger partial charge in [-0.25, -0.2) is 0 Å². The van der Waals surface area contributed by atoms with Crippen molar-refractivity contribution in [3.8, 4) is 11.5 Å². The number of pyridine rings is 1. The van der Waals surface area contributed by atoms with Gasteiger partial charge in [-0.2, -0.15) is 0 Å². The Labute approximate surface area is 211 Å². The minimum atomic E-state index is 0.503. The fraction of sp³-hybridized carbons (Fsp3) is 0.690. The lowest BCUT2D eigenvalue weighted by atomic mass is 9.86. The fourth-order valence-corrected chi connectivity index (χ4v) is 6.10. The predicted molar refractivity (Wildman–Crippen MR) is 144 cm³/mol. The monoisotopic (exact) mass is 480 g/mol. The van der Waals surface area contributed by atoms with Crippen LogP contribution in [-0.4, -0.2) is 74.3 Å². The lowest BCUT2D eigenvalue weighted by molar-refractivity contribution is 0.254. The van der Waals surface area contributed by atoms with Crippen LogP contribution in [-0.2, 0) is 0 Å². The average Bonchev–Trinajstić information content (AvgIpc) is 3.41. The molecule has 1 aromatic carbocycles. The van der Waals surface area contributed by atoms with E-state index in [4.69, 9.17) is 14.5 Å². The molecule has 0 amide bonds. The van der Waals surface area contributed by atoms with Gasteiger partial charge in [0.15, 0.2) is 11.5 Å². The number of ether oxygens (including phenoxy) is 2. The Hall–Kier alpha value is -2.05. The zero-order valence-electron chi connectivity index (χ0n) is 21.9. The number of fused-ring (bicyclic) bond motifs is 1. The number of methoxy groups -OCH3 is 1. The molecule has 0 bridgehead atoms. The quantitative estimate of drug-likeness (QED) is 0.467. The number of hydrogen-bond donors (Lipinski definition) is 1. The summed E-state index contributed by atoms with van der Waals surface area (Å²) in [6.07, 6.45) is 12.6. The molecular weight excluding hydrogens is 436 g/mol. The molecule has 2 aliphatic heterocycles. The zero-order chi connectivity index (χ0) is 24.0. The highest BCUT2D eigenvalue weighted by Crippen LogP contribution is 2.39. The van der Waals surface area contributed by atoms with Crippen molar-refractivity contribution in [3.05, 3.63) is 23.9 Å². The van der Waals surface area contributed by atoms with Crippen LogP contribution in [0, 0.1) is 0 Å². The number of rotatable bonds is 9. The van der Waals surface area contributed by atoms with Gasteiger partial charge in [-0.1, -0.05) is 19.3 Å². The van der Waals surface area contributed by atoms with Gasteiger partial charge in [-0.3, -0.25) is 4.98 Å². The Morgan fingerprint density at radius 1 is 0.914 bits per heavy atom. The normalized spacial score (nSPS) is 21.0. The summed E-state index contributed by atoms with van der Waals surface area (Å²) in [4.78, 5) is 10.2. The van der Waals surface area contributed by atoms with Crippen molar-refractivity contribution in [1.82, 2.24) is 14.8 Å². The van der Waals surface area contributed by atoms with Crippen molar-refractivity contribution in [1.29, 1.82) is 0 Å². The van der Waals surface area contributed by atoms with Crippen LogP contribution in [0.1, 0.15) is 75.8 Å². The molecule has 6 nitrogen and oxygen atoms in total.